The molecular weight excluding hydrogens is 444 g/mol. The zero-order valence-electron chi connectivity index (χ0n) is 19.5. The first kappa shape index (κ1) is 24.5. The Morgan fingerprint density at radius 1 is 1.00 bits per heavy atom. The predicted octanol–water partition coefficient (Wildman–Crippen LogP) is 6.95. The average molecular weight is 469 g/mol. The molecule has 0 amide bonds. The Hall–Kier alpha value is -4.19. The van der Waals surface area contributed by atoms with Crippen molar-refractivity contribution in [2.75, 3.05) is 18.0 Å². The van der Waals surface area contributed by atoms with Gasteiger partial charge in [-0.2, -0.15) is 15.8 Å². The van der Waals surface area contributed by atoms with E-state index in [9.17, 15) is 15.8 Å². The molecule has 1 aromatic heterocycles. The molecular formula is C26H24N6OS. The van der Waals surface area contributed by atoms with Gasteiger partial charge in [-0.15, -0.1) is 21.6 Å². The Labute approximate surface area is 203 Å². The second-order valence-electron chi connectivity index (χ2n) is 7.84. The third kappa shape index (κ3) is 5.23. The lowest BCUT2D eigenvalue weighted by Crippen LogP contribution is -2.21. The van der Waals surface area contributed by atoms with E-state index in [1.807, 2.05) is 42.5 Å². The fraction of sp³-hybridized carbons (Fsp3) is 0.269. The summed E-state index contributed by atoms with van der Waals surface area (Å²) < 4.78 is 5.78. The van der Waals surface area contributed by atoms with E-state index in [0.29, 0.717) is 5.57 Å². The Morgan fingerprint density at radius 2 is 1.68 bits per heavy atom. The molecule has 0 atom stereocenters. The first-order valence-electron chi connectivity index (χ1n) is 10.8. The van der Waals surface area contributed by atoms with Crippen molar-refractivity contribution in [2.45, 2.75) is 33.3 Å². The Balaban J connectivity index is 1.79. The van der Waals surface area contributed by atoms with E-state index in [-0.39, 0.29) is 16.9 Å². The lowest BCUT2D eigenvalue weighted by molar-refractivity contribution is 0.0954. The largest absolute Gasteiger partial charge is 0.480 e. The minimum Gasteiger partial charge on any atom is -0.480 e. The van der Waals surface area contributed by atoms with Crippen LogP contribution in [0.15, 0.2) is 75.2 Å². The van der Waals surface area contributed by atoms with Crippen molar-refractivity contribution in [1.29, 1.82) is 15.8 Å². The number of azo groups is 1. The first-order chi connectivity index (χ1) is 16.4. The summed E-state index contributed by atoms with van der Waals surface area (Å²) in [5.41, 5.74) is 1.69. The van der Waals surface area contributed by atoms with Crippen LogP contribution in [0.1, 0.15) is 32.6 Å². The summed E-state index contributed by atoms with van der Waals surface area (Å²) in [6.07, 6.45) is 3.65. The highest BCUT2D eigenvalue weighted by Crippen LogP contribution is 2.40. The van der Waals surface area contributed by atoms with Crippen LogP contribution < -0.4 is 4.90 Å². The maximum absolute atomic E-state index is 9.63. The molecule has 3 rings (SSSR count). The molecule has 0 saturated heterocycles. The molecule has 170 valence electrons. The van der Waals surface area contributed by atoms with Gasteiger partial charge in [0.15, 0.2) is 11.3 Å². The molecule has 0 radical (unpaired) electrons. The highest BCUT2D eigenvalue weighted by atomic mass is 32.1. The highest BCUT2D eigenvalue weighted by molar-refractivity contribution is 7.16. The molecule has 8 heteroatoms. The zero-order valence-corrected chi connectivity index (χ0v) is 20.3. The van der Waals surface area contributed by atoms with Gasteiger partial charge in [-0.3, -0.25) is 0 Å². The third-order valence-electron chi connectivity index (χ3n) is 5.33. The summed E-state index contributed by atoms with van der Waals surface area (Å²) in [4.78, 5) is 3.19. The van der Waals surface area contributed by atoms with Crippen LogP contribution in [0, 0.1) is 34.0 Å². The molecule has 0 fully saturated rings. The van der Waals surface area contributed by atoms with Crippen molar-refractivity contribution in [3.05, 3.63) is 69.8 Å². The number of ether oxygens (including phenoxy) is 1. The van der Waals surface area contributed by atoms with Gasteiger partial charge in [-0.05, 0) is 70.2 Å². The maximum atomic E-state index is 9.63. The van der Waals surface area contributed by atoms with E-state index in [0.717, 1.165) is 34.3 Å². The van der Waals surface area contributed by atoms with Gasteiger partial charge in [0.05, 0.1) is 5.69 Å². The van der Waals surface area contributed by atoms with Gasteiger partial charge < -0.3 is 9.64 Å². The fourth-order valence-electron chi connectivity index (χ4n) is 3.56. The van der Waals surface area contributed by atoms with Crippen LogP contribution >= 0.6 is 11.3 Å². The molecule has 1 aliphatic rings. The first-order valence-corrected chi connectivity index (χ1v) is 11.6. The van der Waals surface area contributed by atoms with E-state index >= 15 is 0 Å². The summed E-state index contributed by atoms with van der Waals surface area (Å²) >= 11 is 1.46. The Bertz CT molecular complexity index is 1290. The topological polar surface area (TPSA) is 109 Å². The highest BCUT2D eigenvalue weighted by Gasteiger charge is 2.38. The molecule has 34 heavy (non-hydrogen) atoms. The van der Waals surface area contributed by atoms with Crippen LogP contribution in [0.5, 0.6) is 0 Å². The van der Waals surface area contributed by atoms with Crippen molar-refractivity contribution in [3.63, 3.8) is 0 Å². The molecule has 2 heterocycles. The number of thiophene rings is 1. The predicted molar refractivity (Wildman–Crippen MR) is 134 cm³/mol. The van der Waals surface area contributed by atoms with Crippen molar-refractivity contribution < 1.29 is 4.74 Å². The van der Waals surface area contributed by atoms with Crippen LogP contribution in [-0.4, -0.2) is 18.7 Å². The number of benzene rings is 1. The number of rotatable bonds is 7. The molecule has 2 aromatic rings. The van der Waals surface area contributed by atoms with Crippen LogP contribution in [0.2, 0.25) is 0 Å². The van der Waals surface area contributed by atoms with Gasteiger partial charge >= 0.3 is 0 Å². The van der Waals surface area contributed by atoms with Crippen LogP contribution in [0.4, 0.5) is 16.4 Å². The standard InChI is InChI=1S/C26H24N6OS/c1-5-32(6-2)20-9-7-19(8-10-20)30-31-24-14-12-21(34-24)11-13-23-22(17-29)25(18(15-27)16-28)33-26(23,3)4/h7-14H,5-6H2,1-4H3/b13-11+,31-30?. The van der Waals surface area contributed by atoms with Crippen LogP contribution in [0.3, 0.4) is 0 Å². The van der Waals surface area contributed by atoms with Crippen molar-refractivity contribution in [2.24, 2.45) is 10.2 Å². The number of nitriles is 3. The van der Waals surface area contributed by atoms with E-state index < -0.39 is 5.60 Å². The Kier molecular flexibility index (Phi) is 7.64. The number of nitrogens with zero attached hydrogens (tertiary/aromatic N) is 6. The number of hydrogen-bond donors (Lipinski definition) is 0. The SMILES string of the molecule is CCN(CC)c1ccc(N=Nc2ccc(/C=C/C3=C(C#N)C(=C(C#N)C#N)OC3(C)C)s2)cc1. The van der Waals surface area contributed by atoms with Gasteiger partial charge in [0, 0.05) is 29.2 Å². The van der Waals surface area contributed by atoms with Crippen LogP contribution in [0.25, 0.3) is 6.08 Å². The van der Waals surface area contributed by atoms with E-state index in [4.69, 9.17) is 4.74 Å². The molecule has 1 aromatic carbocycles. The summed E-state index contributed by atoms with van der Waals surface area (Å²) in [6.45, 7) is 9.75. The second-order valence-corrected chi connectivity index (χ2v) is 8.93. The third-order valence-corrected chi connectivity index (χ3v) is 6.27. The van der Waals surface area contributed by atoms with Crippen molar-refractivity contribution in [1.82, 2.24) is 0 Å². The maximum Gasteiger partial charge on any atom is 0.172 e. The second kappa shape index (κ2) is 10.6. The number of anilines is 1. The molecule has 0 unspecified atom stereocenters. The quantitative estimate of drug-likeness (QED) is 0.322. The monoisotopic (exact) mass is 468 g/mol. The molecule has 1 aliphatic heterocycles. The van der Waals surface area contributed by atoms with Gasteiger partial charge in [0.25, 0.3) is 0 Å². The van der Waals surface area contributed by atoms with Crippen LogP contribution in [-0.2, 0) is 4.74 Å². The van der Waals surface area contributed by atoms with Gasteiger partial charge in [-0.25, -0.2) is 0 Å². The molecule has 0 spiro atoms. The zero-order chi connectivity index (χ0) is 24.7. The lowest BCUT2D eigenvalue weighted by Gasteiger charge is -2.20. The average Bonchev–Trinajstić information content (AvgIpc) is 3.39. The molecule has 7 nitrogen and oxygen atoms in total. The molecule has 0 saturated carbocycles. The minimum atomic E-state index is -0.840. The summed E-state index contributed by atoms with van der Waals surface area (Å²) in [7, 11) is 0. The van der Waals surface area contributed by atoms with Crippen molar-refractivity contribution >= 4 is 33.8 Å². The van der Waals surface area contributed by atoms with Crippen molar-refractivity contribution in [3.8, 4) is 18.2 Å². The van der Waals surface area contributed by atoms with Gasteiger partial charge in [-0.1, -0.05) is 6.08 Å². The normalized spacial score (nSPS) is 14.7. The van der Waals surface area contributed by atoms with E-state index in [1.165, 1.54) is 11.3 Å². The fourth-order valence-corrected chi connectivity index (χ4v) is 4.29. The van der Waals surface area contributed by atoms with E-state index in [2.05, 4.69) is 35.0 Å². The summed E-state index contributed by atoms with van der Waals surface area (Å²) in [6, 6.07) is 17.5. The molecule has 0 bridgehead atoms. The number of allylic oxidation sites excluding steroid dienone is 2. The van der Waals surface area contributed by atoms with Gasteiger partial charge in [0.1, 0.15) is 34.4 Å². The molecule has 0 N–H and O–H groups in total. The van der Waals surface area contributed by atoms with Gasteiger partial charge in [0.2, 0.25) is 0 Å². The summed E-state index contributed by atoms with van der Waals surface area (Å²) in [5, 5.41) is 37.4. The Morgan fingerprint density at radius 3 is 2.26 bits per heavy atom. The smallest absolute Gasteiger partial charge is 0.172 e. The van der Waals surface area contributed by atoms with E-state index in [1.54, 1.807) is 32.1 Å². The minimum absolute atomic E-state index is 0.0323. The number of hydrogen-bond acceptors (Lipinski definition) is 8. The molecule has 0 aliphatic carbocycles. The summed E-state index contributed by atoms with van der Waals surface area (Å²) in [5.74, 6) is 0.0323. The lowest BCUT2D eigenvalue weighted by atomic mass is 9.94.